The summed E-state index contributed by atoms with van der Waals surface area (Å²) in [6.45, 7) is 1.83. The molecule has 1 atom stereocenters. The van der Waals surface area contributed by atoms with Crippen molar-refractivity contribution in [2.45, 2.75) is 19.4 Å². The summed E-state index contributed by atoms with van der Waals surface area (Å²) in [4.78, 5) is 35.5. The molecule has 1 aromatic heterocycles. The number of nitrogens with zero attached hydrogens (tertiary/aromatic N) is 2. The monoisotopic (exact) mass is 444 g/mol. The quantitative estimate of drug-likeness (QED) is 0.232. The second kappa shape index (κ2) is 7.89. The highest BCUT2D eigenvalue weighted by atomic mass is 16.5. The third-order valence-corrected chi connectivity index (χ3v) is 6.29. The summed E-state index contributed by atoms with van der Waals surface area (Å²) in [6.07, 6.45) is -0.452. The first-order valence-electron chi connectivity index (χ1n) is 11.3. The van der Waals surface area contributed by atoms with Crippen LogP contribution in [0, 0.1) is 0 Å². The van der Waals surface area contributed by atoms with Gasteiger partial charge in [-0.2, -0.15) is 0 Å². The van der Waals surface area contributed by atoms with Crippen molar-refractivity contribution >= 4 is 33.6 Å². The molecule has 1 aliphatic carbocycles. The molecule has 34 heavy (non-hydrogen) atoms. The Hall–Kier alpha value is -4.38. The summed E-state index contributed by atoms with van der Waals surface area (Å²) in [6, 6.07) is 26.4. The molecule has 4 aromatic carbocycles. The van der Waals surface area contributed by atoms with Gasteiger partial charge in [-0.15, -0.1) is 0 Å². The molecule has 0 aliphatic heterocycles. The van der Waals surface area contributed by atoms with Crippen LogP contribution in [-0.4, -0.2) is 27.8 Å². The van der Waals surface area contributed by atoms with Crippen molar-refractivity contribution in [3.8, 4) is 22.5 Å². The fourth-order valence-corrected chi connectivity index (χ4v) is 4.60. The lowest BCUT2D eigenvalue weighted by molar-refractivity contribution is 0.0277. The summed E-state index contributed by atoms with van der Waals surface area (Å²) < 4.78 is 5.60. The van der Waals surface area contributed by atoms with Gasteiger partial charge in [-0.3, -0.25) is 4.79 Å². The molecule has 1 aliphatic rings. The molecule has 0 spiro atoms. The van der Waals surface area contributed by atoms with Gasteiger partial charge in [0.05, 0.1) is 28.0 Å². The topological polar surface area (TPSA) is 69.2 Å². The number of ether oxygens (including phenoxy) is 1. The van der Waals surface area contributed by atoms with E-state index in [0.717, 1.165) is 33.3 Å². The Kier molecular flexibility index (Phi) is 4.69. The minimum absolute atomic E-state index is 0.208. The fourth-order valence-electron chi connectivity index (χ4n) is 4.60. The number of benzene rings is 4. The number of ketones is 1. The number of esters is 1. The lowest BCUT2D eigenvalue weighted by atomic mass is 10.0. The Balaban J connectivity index is 1.35. The van der Waals surface area contributed by atoms with Gasteiger partial charge in [-0.1, -0.05) is 73.7 Å². The molecule has 0 saturated carbocycles. The van der Waals surface area contributed by atoms with Gasteiger partial charge in [-0.25, -0.2) is 14.8 Å². The Labute approximate surface area is 196 Å². The average molecular weight is 444 g/mol. The van der Waals surface area contributed by atoms with Crippen LogP contribution in [0.25, 0.3) is 44.3 Å². The molecule has 0 radical (unpaired) electrons. The maximum Gasteiger partial charge on any atom is 0.338 e. The van der Waals surface area contributed by atoms with Gasteiger partial charge < -0.3 is 4.74 Å². The van der Waals surface area contributed by atoms with Crippen molar-refractivity contribution in [2.24, 2.45) is 0 Å². The van der Waals surface area contributed by atoms with Gasteiger partial charge in [-0.05, 0) is 30.0 Å². The number of hydrogen-bond donors (Lipinski definition) is 0. The largest absolute Gasteiger partial charge is 0.450 e. The van der Waals surface area contributed by atoms with Gasteiger partial charge in [0.25, 0.3) is 0 Å². The molecule has 0 N–H and O–H groups in total. The summed E-state index contributed by atoms with van der Waals surface area (Å²) >= 11 is 0. The second-order valence-electron chi connectivity index (χ2n) is 8.37. The van der Waals surface area contributed by atoms with Crippen molar-refractivity contribution in [1.29, 1.82) is 0 Å². The predicted molar refractivity (Wildman–Crippen MR) is 132 cm³/mol. The minimum Gasteiger partial charge on any atom is -0.450 e. The van der Waals surface area contributed by atoms with E-state index < -0.39 is 12.1 Å². The van der Waals surface area contributed by atoms with Crippen molar-refractivity contribution in [3.63, 3.8) is 0 Å². The first-order valence-corrected chi connectivity index (χ1v) is 11.3. The number of aromatic nitrogens is 2. The number of fused-ring (bicyclic) bond motifs is 4. The molecular weight excluding hydrogens is 424 g/mol. The smallest absolute Gasteiger partial charge is 0.338 e. The normalized spacial score (nSPS) is 12.5. The van der Waals surface area contributed by atoms with Crippen LogP contribution in [0.15, 0.2) is 84.9 Å². The van der Waals surface area contributed by atoms with Gasteiger partial charge in [0.15, 0.2) is 6.10 Å². The maximum atomic E-state index is 12.9. The second-order valence-corrected chi connectivity index (χ2v) is 8.37. The van der Waals surface area contributed by atoms with Crippen LogP contribution in [0.4, 0.5) is 0 Å². The molecule has 5 nitrogen and oxygen atoms in total. The summed E-state index contributed by atoms with van der Waals surface area (Å²) in [5.41, 5.74) is 5.97. The molecule has 0 bridgehead atoms. The van der Waals surface area contributed by atoms with E-state index in [1.807, 2.05) is 25.1 Å². The molecular formula is C29H20N2O3. The first kappa shape index (κ1) is 20.2. The van der Waals surface area contributed by atoms with Crippen LogP contribution in [0.5, 0.6) is 0 Å². The van der Waals surface area contributed by atoms with Crippen molar-refractivity contribution in [2.75, 3.05) is 0 Å². The van der Waals surface area contributed by atoms with Crippen LogP contribution in [0.2, 0.25) is 0 Å². The zero-order valence-corrected chi connectivity index (χ0v) is 18.5. The number of carbonyl (C=O) groups excluding carboxylic acids is 2. The first-order chi connectivity index (χ1) is 16.6. The lowest BCUT2D eigenvalue weighted by Crippen LogP contribution is -2.26. The van der Waals surface area contributed by atoms with E-state index in [1.54, 1.807) is 42.5 Å². The van der Waals surface area contributed by atoms with E-state index in [4.69, 9.17) is 14.7 Å². The minimum atomic E-state index is -0.844. The molecule has 0 fully saturated rings. The molecule has 1 heterocycles. The van der Waals surface area contributed by atoms with Crippen molar-refractivity contribution in [1.82, 2.24) is 9.97 Å². The average Bonchev–Trinajstić information content (AvgIpc) is 3.20. The molecule has 5 heteroatoms. The number of hydrogen-bond acceptors (Lipinski definition) is 5. The Morgan fingerprint density at radius 2 is 1.44 bits per heavy atom. The number of carbonyl (C=O) groups is 2. The highest BCUT2D eigenvalue weighted by Gasteiger charge is 2.26. The SMILES string of the molecule is CC[C@H](OC(=O)c1ccc2nc3c(nc2c1)-c1cccc2cccc-3c12)C(=O)c1ccccc1. The maximum absolute atomic E-state index is 12.9. The molecule has 0 amide bonds. The van der Waals surface area contributed by atoms with Crippen molar-refractivity contribution in [3.05, 3.63) is 96.1 Å². The molecule has 164 valence electrons. The third-order valence-electron chi connectivity index (χ3n) is 6.29. The molecule has 0 saturated heterocycles. The Morgan fingerprint density at radius 1 is 0.765 bits per heavy atom. The van der Waals surface area contributed by atoms with Crippen LogP contribution < -0.4 is 0 Å². The summed E-state index contributed by atoms with van der Waals surface area (Å²) in [5, 5.41) is 2.30. The Bertz CT molecular complexity index is 1600. The molecule has 5 aromatic rings. The van der Waals surface area contributed by atoms with E-state index >= 15 is 0 Å². The Morgan fingerprint density at radius 3 is 2.12 bits per heavy atom. The van der Waals surface area contributed by atoms with E-state index in [-0.39, 0.29) is 5.78 Å². The summed E-state index contributed by atoms with van der Waals surface area (Å²) in [7, 11) is 0. The van der Waals surface area contributed by atoms with Gasteiger partial charge in [0.2, 0.25) is 5.78 Å². The van der Waals surface area contributed by atoms with Crippen LogP contribution in [0.1, 0.15) is 34.1 Å². The molecule has 0 unspecified atom stereocenters. The standard InChI is InChI=1S/C29H20N2O3/c1-2-24(28(32)18-8-4-3-5-9-18)34-29(33)19-14-15-22-23(16-19)31-27-21-13-7-11-17-10-6-12-20(25(17)21)26(27)30-22/h3-16,24H,2H2,1H3/t24-/m0/s1. The van der Waals surface area contributed by atoms with Gasteiger partial charge in [0, 0.05) is 22.1 Å². The van der Waals surface area contributed by atoms with Gasteiger partial charge in [0.1, 0.15) is 0 Å². The van der Waals surface area contributed by atoms with Crippen LogP contribution in [0.3, 0.4) is 0 Å². The fraction of sp³-hybridized carbons (Fsp3) is 0.103. The van der Waals surface area contributed by atoms with E-state index in [2.05, 4.69) is 24.3 Å². The van der Waals surface area contributed by atoms with E-state index in [1.165, 1.54) is 0 Å². The van der Waals surface area contributed by atoms with Crippen LogP contribution in [-0.2, 0) is 4.74 Å². The van der Waals surface area contributed by atoms with Gasteiger partial charge >= 0.3 is 5.97 Å². The highest BCUT2D eigenvalue weighted by molar-refractivity contribution is 6.14. The zero-order chi connectivity index (χ0) is 23.2. The summed E-state index contributed by atoms with van der Waals surface area (Å²) in [5.74, 6) is -0.758. The molecule has 6 rings (SSSR count). The highest BCUT2D eigenvalue weighted by Crippen LogP contribution is 2.45. The predicted octanol–water partition coefficient (Wildman–Crippen LogP) is 6.25. The number of Topliss-reactive ketones (excluding diaryl/α,β-unsaturated/α-hetero) is 1. The van der Waals surface area contributed by atoms with Crippen LogP contribution >= 0.6 is 0 Å². The van der Waals surface area contributed by atoms with E-state index in [9.17, 15) is 9.59 Å². The number of rotatable bonds is 5. The zero-order valence-electron chi connectivity index (χ0n) is 18.5. The van der Waals surface area contributed by atoms with Crippen molar-refractivity contribution < 1.29 is 14.3 Å². The third kappa shape index (κ3) is 3.17. The van der Waals surface area contributed by atoms with E-state index in [0.29, 0.717) is 28.6 Å². The lowest BCUT2D eigenvalue weighted by Gasteiger charge is -2.15.